The van der Waals surface area contributed by atoms with E-state index in [1.165, 1.54) is 13.8 Å². The van der Waals surface area contributed by atoms with Crippen molar-refractivity contribution in [2.75, 3.05) is 37.4 Å². The number of nitrogens with two attached hydrogens (primary N) is 1. The highest BCUT2D eigenvalue weighted by atomic mass is 32.2. The van der Waals surface area contributed by atoms with E-state index in [1.54, 1.807) is 7.05 Å². The van der Waals surface area contributed by atoms with E-state index in [9.17, 15) is 72.7 Å². The summed E-state index contributed by atoms with van der Waals surface area (Å²) in [5.41, 5.74) is 4.85. The number of nitrogens with one attached hydrogen (secondary N) is 2. The molecule has 0 bridgehead atoms. The summed E-state index contributed by atoms with van der Waals surface area (Å²) in [6.07, 6.45) is 0. The molecule has 2 aromatic rings. The number of carbonyl (C=O) groups excluding carboxylic acids is 6. The van der Waals surface area contributed by atoms with Crippen molar-refractivity contribution in [1.82, 2.24) is 10.6 Å². The first-order chi connectivity index (χ1) is 24.5. The minimum Gasteiger partial charge on any atom is -0.503 e. The van der Waals surface area contributed by atoms with Crippen LogP contribution in [-0.4, -0.2) is 75.6 Å². The van der Waals surface area contributed by atoms with Crippen molar-refractivity contribution in [3.05, 3.63) is 58.2 Å². The second-order valence-corrected chi connectivity index (χ2v) is 12.1. The Morgan fingerprint density at radius 2 is 0.889 bits per heavy atom. The predicted molar refractivity (Wildman–Crippen MR) is 183 cm³/mol. The van der Waals surface area contributed by atoms with Crippen LogP contribution in [0.4, 0.5) is 43.9 Å². The molecule has 2 amide bonds. The second kappa shape index (κ2) is 30.3. The summed E-state index contributed by atoms with van der Waals surface area (Å²) in [4.78, 5) is 63.3. The molecule has 0 aromatic heterocycles. The molecule has 24 heteroatoms. The molecular weight excluding hydrogens is 817 g/mol. The summed E-state index contributed by atoms with van der Waals surface area (Å²) < 4.78 is 129. The van der Waals surface area contributed by atoms with Gasteiger partial charge in [0.15, 0.2) is 21.1 Å². The van der Waals surface area contributed by atoms with Crippen molar-refractivity contribution in [3.8, 4) is 11.5 Å². The van der Waals surface area contributed by atoms with Gasteiger partial charge < -0.3 is 26.2 Å². The van der Waals surface area contributed by atoms with E-state index in [2.05, 4.69) is 15.4 Å². The van der Waals surface area contributed by atoms with Crippen LogP contribution < -0.4 is 21.1 Å². The average Bonchev–Trinajstić information content (AvgIpc) is 3.10. The van der Waals surface area contributed by atoms with E-state index in [0.717, 1.165) is 37.0 Å². The summed E-state index contributed by atoms with van der Waals surface area (Å²) in [6, 6.07) is 0. The van der Waals surface area contributed by atoms with Gasteiger partial charge in [0, 0.05) is 34.4 Å². The summed E-state index contributed by atoms with van der Waals surface area (Å²) in [7, 11) is 1.54. The highest BCUT2D eigenvalue weighted by molar-refractivity contribution is 8.14. The SMILES string of the molecule is C.CC(=O)SCC(=O)Oc1c(F)c(F)c(F)c(F)c1F.CCN.CCNC(=O)CSC(C)=O.CNC(=O)CSC(C)=O.Oc1c(F)c(F)c(F)c(F)c1F. The number of esters is 1. The van der Waals surface area contributed by atoms with Crippen LogP contribution in [0.1, 0.15) is 42.0 Å². The summed E-state index contributed by atoms with van der Waals surface area (Å²) in [6.45, 7) is 9.13. The Bertz CT molecular complexity index is 1460. The molecule has 11 nitrogen and oxygen atoms in total. The number of hydrogen-bond donors (Lipinski definition) is 4. The molecule has 5 N–H and O–H groups in total. The maximum atomic E-state index is 13.1. The molecule has 0 spiro atoms. The summed E-state index contributed by atoms with van der Waals surface area (Å²) >= 11 is 2.50. The Morgan fingerprint density at radius 3 is 1.20 bits per heavy atom. The van der Waals surface area contributed by atoms with E-state index in [1.807, 2.05) is 13.8 Å². The molecule has 0 aliphatic carbocycles. The molecule has 54 heavy (non-hydrogen) atoms. The molecule has 0 heterocycles. The molecule has 0 aliphatic heterocycles. The van der Waals surface area contributed by atoms with Crippen LogP contribution in [0, 0.1) is 58.2 Å². The quantitative estimate of drug-likeness (QED) is 0.0842. The van der Waals surface area contributed by atoms with Crippen molar-refractivity contribution >= 4 is 68.4 Å². The smallest absolute Gasteiger partial charge is 0.321 e. The van der Waals surface area contributed by atoms with Gasteiger partial charge in [0.2, 0.25) is 75.7 Å². The van der Waals surface area contributed by atoms with Gasteiger partial charge in [-0.3, -0.25) is 28.8 Å². The number of ether oxygens (including phenoxy) is 1. The molecule has 308 valence electrons. The molecule has 0 saturated carbocycles. The monoisotopic (exact) mass is 853 g/mol. The van der Waals surface area contributed by atoms with Crippen LogP contribution in [0.15, 0.2) is 0 Å². The lowest BCUT2D eigenvalue weighted by atomic mass is 10.2. The standard InChI is InChI=1S/C10H5F5O3S.C6HF5O.C6H11NO2S.C5H9NO2S.C2H7N.CH4/c1-3(16)19-2-4(17)18-10-8(14)6(12)5(11)7(13)9(10)15;7-1-2(8)4(10)6(12)5(11)3(1)9;1-3-7-6(9)4-10-5(2)8;1-4(7)9-3-5(8)6-2;1-2-3;/h2H2,1H3;12H;3-4H2,1-2H3,(H,7,9);3H2,1-2H3,(H,6,8);2-3H2,1H3;1H4. The zero-order valence-corrected chi connectivity index (χ0v) is 30.9. The average molecular weight is 854 g/mol. The molecule has 0 unspecified atom stereocenters. The summed E-state index contributed by atoms with van der Waals surface area (Å²) in [5, 5.41) is 12.8. The van der Waals surface area contributed by atoms with Crippen molar-refractivity contribution in [2.45, 2.75) is 42.0 Å². The van der Waals surface area contributed by atoms with E-state index >= 15 is 0 Å². The lowest BCUT2D eigenvalue weighted by Gasteiger charge is -2.08. The predicted octanol–water partition coefficient (Wildman–Crippen LogP) is 5.67. The van der Waals surface area contributed by atoms with Crippen molar-refractivity contribution in [2.24, 2.45) is 5.73 Å². The first-order valence-electron chi connectivity index (χ1n) is 14.0. The van der Waals surface area contributed by atoms with Gasteiger partial charge in [0.05, 0.1) is 17.3 Å². The molecule has 0 atom stereocenters. The number of hydrogen-bond acceptors (Lipinski definition) is 12. The van der Waals surface area contributed by atoms with E-state index in [0.29, 0.717) is 18.3 Å². The van der Waals surface area contributed by atoms with Gasteiger partial charge >= 0.3 is 5.97 Å². The van der Waals surface area contributed by atoms with Gasteiger partial charge in [-0.1, -0.05) is 49.6 Å². The van der Waals surface area contributed by atoms with Crippen LogP contribution in [0.25, 0.3) is 0 Å². The van der Waals surface area contributed by atoms with Crippen molar-refractivity contribution in [3.63, 3.8) is 0 Å². The Labute approximate surface area is 315 Å². The van der Waals surface area contributed by atoms with Gasteiger partial charge in [-0.25, -0.2) is 26.3 Å². The molecule has 0 saturated heterocycles. The van der Waals surface area contributed by atoms with Crippen LogP contribution in [0.5, 0.6) is 11.5 Å². The van der Waals surface area contributed by atoms with Gasteiger partial charge in [0.1, 0.15) is 0 Å². The third-order valence-corrected chi connectivity index (χ3v) is 6.84. The minimum absolute atomic E-state index is 0. The number of carbonyl (C=O) groups is 6. The van der Waals surface area contributed by atoms with Gasteiger partial charge in [0.25, 0.3) is 0 Å². The topological polar surface area (TPSA) is 182 Å². The number of thioether (sulfide) groups is 3. The fraction of sp³-hybridized carbons (Fsp3) is 0.400. The first-order valence-corrected chi connectivity index (χ1v) is 16.9. The van der Waals surface area contributed by atoms with Gasteiger partial charge in [-0.2, -0.15) is 17.6 Å². The van der Waals surface area contributed by atoms with Gasteiger partial charge in [-0.05, 0) is 13.5 Å². The third kappa shape index (κ3) is 22.9. The Kier molecular flexibility index (Phi) is 31.8. The second-order valence-electron chi connectivity index (χ2n) is 8.67. The Morgan fingerprint density at radius 1 is 0.593 bits per heavy atom. The molecule has 2 rings (SSSR count). The first kappa shape index (κ1) is 56.7. The Balaban J connectivity index is -0.000000313. The van der Waals surface area contributed by atoms with Gasteiger partial charge in [-0.15, -0.1) is 0 Å². The van der Waals surface area contributed by atoms with Crippen molar-refractivity contribution in [1.29, 1.82) is 0 Å². The van der Waals surface area contributed by atoms with Crippen LogP contribution in [0.2, 0.25) is 0 Å². The maximum Gasteiger partial charge on any atom is 0.321 e. The number of amides is 2. The van der Waals surface area contributed by atoms with Crippen LogP contribution in [0.3, 0.4) is 0 Å². The number of phenolic OH excluding ortho intramolecular Hbond substituents is 1. The fourth-order valence-electron chi connectivity index (χ4n) is 2.23. The number of halogens is 10. The highest BCUT2D eigenvalue weighted by Crippen LogP contribution is 2.29. The van der Waals surface area contributed by atoms with Crippen LogP contribution >= 0.6 is 35.3 Å². The number of phenols is 1. The zero-order valence-electron chi connectivity index (χ0n) is 28.4. The van der Waals surface area contributed by atoms with E-state index in [-0.39, 0.29) is 41.0 Å². The summed E-state index contributed by atoms with van der Waals surface area (Å²) in [5.74, 6) is -27.6. The molecule has 0 aliphatic rings. The molecular formula is C30H37F10N3O8S3. The highest BCUT2D eigenvalue weighted by Gasteiger charge is 2.29. The number of aromatic hydroxyl groups is 1. The van der Waals surface area contributed by atoms with E-state index < -0.39 is 86.5 Å². The number of benzene rings is 2. The van der Waals surface area contributed by atoms with Crippen molar-refractivity contribution < 1.29 is 82.5 Å². The minimum atomic E-state index is -2.35. The lowest BCUT2D eigenvalue weighted by molar-refractivity contribution is -0.132. The Hall–Kier alpha value is -4.03. The normalized spacial score (nSPS) is 9.43. The fourth-order valence-corrected chi connectivity index (χ4v) is 3.52. The third-order valence-electron chi connectivity index (χ3n) is 4.43. The lowest BCUT2D eigenvalue weighted by Crippen LogP contribution is -2.24. The zero-order chi connectivity index (χ0) is 42.2. The largest absolute Gasteiger partial charge is 0.503 e. The van der Waals surface area contributed by atoms with Crippen LogP contribution in [-0.2, 0) is 28.8 Å². The maximum absolute atomic E-state index is 13.1. The van der Waals surface area contributed by atoms with E-state index in [4.69, 9.17) is 10.8 Å². The molecule has 2 aromatic carbocycles. The molecule has 0 fully saturated rings. The number of rotatable bonds is 8. The molecule has 0 radical (unpaired) electrons.